The summed E-state index contributed by atoms with van der Waals surface area (Å²) in [6.07, 6.45) is 1.75. The highest BCUT2D eigenvalue weighted by Crippen LogP contribution is 2.24. The Morgan fingerprint density at radius 3 is 2.82 bits per heavy atom. The van der Waals surface area contributed by atoms with Crippen LogP contribution in [0.15, 0.2) is 41.0 Å². The van der Waals surface area contributed by atoms with Crippen LogP contribution in [-0.2, 0) is 6.54 Å². The van der Waals surface area contributed by atoms with Gasteiger partial charge in [0.05, 0.1) is 12.2 Å². The van der Waals surface area contributed by atoms with Crippen molar-refractivity contribution in [2.45, 2.75) is 6.54 Å². The molecule has 1 aromatic carbocycles. The van der Waals surface area contributed by atoms with Crippen LogP contribution in [0.2, 0.25) is 0 Å². The first-order valence-corrected chi connectivity index (χ1v) is 6.07. The zero-order valence-corrected chi connectivity index (χ0v) is 11.0. The lowest BCUT2D eigenvalue weighted by molar-refractivity contribution is 0.759. The van der Waals surface area contributed by atoms with E-state index in [-0.39, 0.29) is 0 Å². The Bertz CT molecular complexity index is 501. The van der Waals surface area contributed by atoms with E-state index in [0.717, 1.165) is 21.8 Å². The van der Waals surface area contributed by atoms with Crippen molar-refractivity contribution in [2.24, 2.45) is 0 Å². The van der Waals surface area contributed by atoms with Gasteiger partial charge in [-0.15, -0.1) is 0 Å². The molecule has 0 radical (unpaired) electrons. The van der Waals surface area contributed by atoms with Crippen LogP contribution in [0.4, 0.5) is 11.5 Å². The van der Waals surface area contributed by atoms with E-state index < -0.39 is 0 Å². The fourth-order valence-corrected chi connectivity index (χ4v) is 1.80. The number of nitrogens with one attached hydrogen (secondary N) is 2. The summed E-state index contributed by atoms with van der Waals surface area (Å²) in [6.45, 7) is 0.658. The number of anilines is 2. The topological polar surface area (TPSA) is 49.8 Å². The number of halogens is 1. The smallest absolute Gasteiger partial charge is 0.144 e. The van der Waals surface area contributed by atoms with Gasteiger partial charge in [0.25, 0.3) is 0 Å². The lowest BCUT2D eigenvalue weighted by atomic mass is 10.3. The van der Waals surface area contributed by atoms with E-state index in [1.165, 1.54) is 0 Å². The number of nitrogens with zero attached hydrogens (tertiary/aromatic N) is 2. The summed E-state index contributed by atoms with van der Waals surface area (Å²) in [4.78, 5) is 8.56. The summed E-state index contributed by atoms with van der Waals surface area (Å²) in [5, 5.41) is 6.27. The first-order chi connectivity index (χ1) is 8.29. The van der Waals surface area contributed by atoms with Crippen molar-refractivity contribution in [1.82, 2.24) is 15.3 Å². The number of benzene rings is 1. The van der Waals surface area contributed by atoms with Crippen LogP contribution in [-0.4, -0.2) is 17.0 Å². The Morgan fingerprint density at radius 1 is 1.24 bits per heavy atom. The molecular formula is C12H13BrN4. The van der Waals surface area contributed by atoms with Crippen molar-refractivity contribution < 1.29 is 0 Å². The Hall–Kier alpha value is -1.46. The van der Waals surface area contributed by atoms with E-state index in [1.54, 1.807) is 6.20 Å². The van der Waals surface area contributed by atoms with Gasteiger partial charge in [0.1, 0.15) is 11.6 Å². The lowest BCUT2D eigenvalue weighted by Gasteiger charge is -2.08. The minimum atomic E-state index is 0.658. The molecule has 5 heteroatoms. The van der Waals surface area contributed by atoms with E-state index in [2.05, 4.69) is 36.5 Å². The van der Waals surface area contributed by atoms with Gasteiger partial charge in [0.2, 0.25) is 0 Å². The van der Waals surface area contributed by atoms with Gasteiger partial charge in [0, 0.05) is 10.7 Å². The van der Waals surface area contributed by atoms with Crippen LogP contribution in [0.25, 0.3) is 0 Å². The van der Waals surface area contributed by atoms with Crippen molar-refractivity contribution in [3.05, 3.63) is 46.8 Å². The molecule has 0 spiro atoms. The van der Waals surface area contributed by atoms with Gasteiger partial charge in [-0.3, -0.25) is 0 Å². The first kappa shape index (κ1) is 12.0. The highest BCUT2D eigenvalue weighted by Gasteiger charge is 2.01. The van der Waals surface area contributed by atoms with Gasteiger partial charge in [-0.1, -0.05) is 12.1 Å². The molecule has 0 saturated heterocycles. The molecule has 0 atom stereocenters. The van der Waals surface area contributed by atoms with Crippen molar-refractivity contribution in [3.8, 4) is 0 Å². The quantitative estimate of drug-likeness (QED) is 0.910. The summed E-state index contributed by atoms with van der Waals surface area (Å²) in [7, 11) is 1.87. The van der Waals surface area contributed by atoms with E-state index in [4.69, 9.17) is 0 Å². The van der Waals surface area contributed by atoms with Crippen molar-refractivity contribution in [1.29, 1.82) is 0 Å². The maximum atomic E-state index is 4.39. The predicted octanol–water partition coefficient (Wildman–Crippen LogP) is 2.70. The molecule has 0 aliphatic carbocycles. The summed E-state index contributed by atoms with van der Waals surface area (Å²) >= 11 is 3.48. The third-order valence-electron chi connectivity index (χ3n) is 2.18. The van der Waals surface area contributed by atoms with Crippen molar-refractivity contribution in [2.75, 3.05) is 12.4 Å². The zero-order chi connectivity index (χ0) is 12.1. The molecule has 2 aromatic rings. The second kappa shape index (κ2) is 5.75. The van der Waals surface area contributed by atoms with E-state index in [0.29, 0.717) is 6.54 Å². The molecule has 0 fully saturated rings. The molecule has 0 amide bonds. The third kappa shape index (κ3) is 3.25. The second-order valence-electron chi connectivity index (χ2n) is 3.49. The zero-order valence-electron chi connectivity index (χ0n) is 9.44. The average Bonchev–Trinajstić information content (AvgIpc) is 2.33. The van der Waals surface area contributed by atoms with Crippen molar-refractivity contribution >= 4 is 27.4 Å². The summed E-state index contributed by atoms with van der Waals surface area (Å²) < 4.78 is 1.01. The van der Waals surface area contributed by atoms with E-state index in [9.17, 15) is 0 Å². The predicted molar refractivity (Wildman–Crippen MR) is 72.2 cm³/mol. The molecule has 17 heavy (non-hydrogen) atoms. The molecule has 88 valence electrons. The molecule has 1 aromatic heterocycles. The van der Waals surface area contributed by atoms with Crippen LogP contribution < -0.4 is 10.6 Å². The van der Waals surface area contributed by atoms with Crippen LogP contribution >= 0.6 is 15.9 Å². The Kier molecular flexibility index (Phi) is 4.06. The van der Waals surface area contributed by atoms with Gasteiger partial charge in [-0.2, -0.15) is 0 Å². The summed E-state index contributed by atoms with van der Waals surface area (Å²) in [5.74, 6) is 1.56. The summed E-state index contributed by atoms with van der Waals surface area (Å²) in [5.41, 5.74) is 0.988. The number of rotatable bonds is 4. The molecule has 2 rings (SSSR count). The van der Waals surface area contributed by atoms with E-state index >= 15 is 0 Å². The number of hydrogen-bond acceptors (Lipinski definition) is 4. The molecule has 0 aliphatic heterocycles. The lowest BCUT2D eigenvalue weighted by Crippen LogP contribution is -2.09. The molecule has 0 unspecified atom stereocenters. The van der Waals surface area contributed by atoms with Crippen LogP contribution in [0, 0.1) is 0 Å². The van der Waals surface area contributed by atoms with E-state index in [1.807, 2.05) is 37.4 Å². The first-order valence-electron chi connectivity index (χ1n) is 5.27. The number of aromatic nitrogens is 2. The maximum Gasteiger partial charge on any atom is 0.144 e. The molecule has 0 aliphatic rings. The maximum absolute atomic E-state index is 4.39. The van der Waals surface area contributed by atoms with Gasteiger partial charge >= 0.3 is 0 Å². The van der Waals surface area contributed by atoms with Gasteiger partial charge in [-0.25, -0.2) is 9.97 Å². The normalized spacial score (nSPS) is 10.2. The SMILES string of the molecule is CNCc1nccc(Nc2ccccc2Br)n1. The van der Waals surface area contributed by atoms with Crippen molar-refractivity contribution in [3.63, 3.8) is 0 Å². The minimum Gasteiger partial charge on any atom is -0.339 e. The molecule has 0 saturated carbocycles. The van der Waals surface area contributed by atoms with Crippen LogP contribution in [0.1, 0.15) is 5.82 Å². The van der Waals surface area contributed by atoms with Gasteiger partial charge < -0.3 is 10.6 Å². The molecule has 2 N–H and O–H groups in total. The summed E-state index contributed by atoms with van der Waals surface area (Å²) in [6, 6.07) is 9.77. The average molecular weight is 293 g/mol. The standard InChI is InChI=1S/C12H13BrN4/c1-14-8-12-15-7-6-11(17-12)16-10-5-3-2-4-9(10)13/h2-7,14H,8H2,1H3,(H,15,16,17). The second-order valence-corrected chi connectivity index (χ2v) is 4.35. The molecular weight excluding hydrogens is 280 g/mol. The Morgan fingerprint density at radius 2 is 2.06 bits per heavy atom. The Balaban J connectivity index is 2.18. The third-order valence-corrected chi connectivity index (χ3v) is 2.87. The number of hydrogen-bond donors (Lipinski definition) is 2. The molecule has 4 nitrogen and oxygen atoms in total. The fourth-order valence-electron chi connectivity index (χ4n) is 1.41. The largest absolute Gasteiger partial charge is 0.339 e. The van der Waals surface area contributed by atoms with Crippen LogP contribution in [0.3, 0.4) is 0 Å². The Labute approximate surface area is 109 Å². The number of para-hydroxylation sites is 1. The van der Waals surface area contributed by atoms with Crippen LogP contribution in [0.5, 0.6) is 0 Å². The van der Waals surface area contributed by atoms with Gasteiger partial charge in [0.15, 0.2) is 0 Å². The monoisotopic (exact) mass is 292 g/mol. The highest BCUT2D eigenvalue weighted by molar-refractivity contribution is 9.10. The highest BCUT2D eigenvalue weighted by atomic mass is 79.9. The van der Waals surface area contributed by atoms with Gasteiger partial charge in [-0.05, 0) is 41.2 Å². The molecule has 0 bridgehead atoms. The minimum absolute atomic E-state index is 0.658. The molecule has 1 heterocycles. The fraction of sp³-hybridized carbons (Fsp3) is 0.167.